The summed E-state index contributed by atoms with van der Waals surface area (Å²) in [6.45, 7) is 8.44. The van der Waals surface area contributed by atoms with Crippen LogP contribution in [0.25, 0.3) is 0 Å². The monoisotopic (exact) mass is 590 g/mol. The lowest BCUT2D eigenvalue weighted by Gasteiger charge is -2.33. The predicted molar refractivity (Wildman–Crippen MR) is 163 cm³/mol. The number of carbonyl (C=O) groups is 2. The van der Waals surface area contributed by atoms with Crippen molar-refractivity contribution in [3.63, 3.8) is 0 Å². The van der Waals surface area contributed by atoms with Crippen LogP contribution >= 0.6 is 0 Å². The number of aryl methyl sites for hydroxylation is 1. The molecule has 3 aromatic carbocycles. The Labute approximate surface area is 247 Å². The second-order valence-electron chi connectivity index (χ2n) is 12.0. The Hall–Kier alpha value is -4.05. The average molecular weight is 591 g/mol. The van der Waals surface area contributed by atoms with Gasteiger partial charge in [-0.3, -0.25) is 14.3 Å². The highest BCUT2D eigenvalue weighted by atomic mass is 32.2. The summed E-state index contributed by atoms with van der Waals surface area (Å²) in [7, 11) is -2.29. The summed E-state index contributed by atoms with van der Waals surface area (Å²) in [4.78, 5) is 32.1. The fourth-order valence-electron chi connectivity index (χ4n) is 5.65. The third-order valence-corrected chi connectivity index (χ3v) is 9.00. The summed E-state index contributed by atoms with van der Waals surface area (Å²) >= 11 is 0. The van der Waals surface area contributed by atoms with Crippen molar-refractivity contribution in [2.45, 2.75) is 69.6 Å². The van der Waals surface area contributed by atoms with Crippen molar-refractivity contribution >= 4 is 33.2 Å². The Morgan fingerprint density at radius 1 is 1.02 bits per heavy atom. The minimum atomic E-state index is -3.89. The van der Waals surface area contributed by atoms with E-state index in [0.717, 1.165) is 23.2 Å². The average Bonchev–Trinajstić information content (AvgIpc) is 3.39. The molecule has 9 nitrogen and oxygen atoms in total. The molecule has 2 aliphatic rings. The number of benzene rings is 3. The number of carbonyl (C=O) groups excluding carboxylic acids is 2. The standard InChI is InChI=1S/C32H38N4O5S/c1-21-8-15-25(16-9-21)42(39,40)34-23-12-17-27-26(19-23)29(30(37)33-32(2,3)4)36(31(38)28-7-6-18-35(27)28)20-22-10-13-24(41-5)14-11-22/h8-17,19,28-29,34H,6-7,18,20H2,1-5H3,(H,33,37)/t28-,29-/m0/s1. The fraction of sp³-hybridized carbons (Fsp3) is 0.375. The van der Waals surface area contributed by atoms with Crippen molar-refractivity contribution in [2.24, 2.45) is 0 Å². The molecular formula is C32H38N4O5S. The van der Waals surface area contributed by atoms with E-state index in [4.69, 9.17) is 4.74 Å². The number of sulfonamides is 1. The molecule has 5 rings (SSSR count). The van der Waals surface area contributed by atoms with E-state index in [9.17, 15) is 18.0 Å². The van der Waals surface area contributed by atoms with Gasteiger partial charge in [0.25, 0.3) is 10.0 Å². The Bertz CT molecular complexity index is 1580. The summed E-state index contributed by atoms with van der Waals surface area (Å²) in [5.41, 5.74) is 2.90. The van der Waals surface area contributed by atoms with Gasteiger partial charge in [0.15, 0.2) is 0 Å². The Morgan fingerprint density at radius 2 is 1.71 bits per heavy atom. The van der Waals surface area contributed by atoms with E-state index in [1.807, 2.05) is 58.0 Å². The van der Waals surface area contributed by atoms with Gasteiger partial charge >= 0.3 is 0 Å². The Balaban J connectivity index is 1.61. The summed E-state index contributed by atoms with van der Waals surface area (Å²) in [5, 5.41) is 3.07. The lowest BCUT2D eigenvalue weighted by molar-refractivity contribution is -0.142. The maximum Gasteiger partial charge on any atom is 0.261 e. The maximum atomic E-state index is 14.2. The molecule has 0 radical (unpaired) electrons. The second kappa shape index (κ2) is 11.3. The number of rotatable bonds is 7. The van der Waals surface area contributed by atoms with Crippen molar-refractivity contribution in [2.75, 3.05) is 23.3 Å². The smallest absolute Gasteiger partial charge is 0.261 e. The largest absolute Gasteiger partial charge is 0.497 e. The van der Waals surface area contributed by atoms with Gasteiger partial charge < -0.3 is 19.9 Å². The molecule has 0 aliphatic carbocycles. The highest BCUT2D eigenvalue weighted by molar-refractivity contribution is 7.92. The van der Waals surface area contributed by atoms with Gasteiger partial charge in [0.2, 0.25) is 11.8 Å². The second-order valence-corrected chi connectivity index (χ2v) is 13.7. The molecule has 0 saturated carbocycles. The van der Waals surface area contributed by atoms with Gasteiger partial charge in [-0.1, -0.05) is 29.8 Å². The molecule has 2 N–H and O–H groups in total. The van der Waals surface area contributed by atoms with Crippen molar-refractivity contribution in [3.05, 3.63) is 83.4 Å². The first-order chi connectivity index (χ1) is 19.9. The van der Waals surface area contributed by atoms with Crippen LogP contribution in [0.5, 0.6) is 5.75 Å². The third-order valence-electron chi connectivity index (χ3n) is 7.61. The van der Waals surface area contributed by atoms with Crippen LogP contribution in [0.15, 0.2) is 71.6 Å². The zero-order valence-corrected chi connectivity index (χ0v) is 25.5. The normalized spacial score (nSPS) is 18.6. The fourth-order valence-corrected chi connectivity index (χ4v) is 6.70. The molecule has 0 spiro atoms. The maximum absolute atomic E-state index is 14.2. The number of hydrogen-bond donors (Lipinski definition) is 2. The molecule has 3 aromatic rings. The lowest BCUT2D eigenvalue weighted by atomic mass is 9.98. The Kier molecular flexibility index (Phi) is 7.94. The molecule has 1 fully saturated rings. The quantitative estimate of drug-likeness (QED) is 0.411. The number of ether oxygens (including phenoxy) is 1. The number of anilines is 2. The van der Waals surface area contributed by atoms with Crippen LogP contribution in [-0.2, 0) is 26.2 Å². The molecule has 2 atom stereocenters. The summed E-state index contributed by atoms with van der Waals surface area (Å²) < 4.78 is 34.5. The minimum Gasteiger partial charge on any atom is -0.497 e. The first-order valence-corrected chi connectivity index (χ1v) is 15.6. The topological polar surface area (TPSA) is 108 Å². The number of nitrogens with one attached hydrogen (secondary N) is 2. The van der Waals surface area contributed by atoms with Gasteiger partial charge in [-0.2, -0.15) is 0 Å². The van der Waals surface area contributed by atoms with Crippen molar-refractivity contribution in [1.29, 1.82) is 0 Å². The van der Waals surface area contributed by atoms with E-state index >= 15 is 0 Å². The molecule has 1 saturated heterocycles. The number of methoxy groups -OCH3 is 1. The molecule has 42 heavy (non-hydrogen) atoms. The predicted octanol–water partition coefficient (Wildman–Crippen LogP) is 4.77. The SMILES string of the molecule is COc1ccc(CN2C(=O)[C@@H]3CCCN3c3ccc(NS(=O)(=O)c4ccc(C)cc4)cc3[C@H]2C(=O)NC(C)(C)C)cc1. The van der Waals surface area contributed by atoms with E-state index in [1.54, 1.807) is 48.4 Å². The highest BCUT2D eigenvalue weighted by Crippen LogP contribution is 2.42. The molecule has 2 amide bonds. The number of hydrogen-bond acceptors (Lipinski definition) is 6. The lowest BCUT2D eigenvalue weighted by Crippen LogP contribution is -2.50. The summed E-state index contributed by atoms with van der Waals surface area (Å²) in [5.74, 6) is 0.237. The molecular weight excluding hydrogens is 552 g/mol. The van der Waals surface area contributed by atoms with E-state index in [1.165, 1.54) is 0 Å². The minimum absolute atomic E-state index is 0.129. The van der Waals surface area contributed by atoms with Crippen LogP contribution in [0.1, 0.15) is 56.3 Å². The third kappa shape index (κ3) is 6.09. The molecule has 0 bridgehead atoms. The van der Waals surface area contributed by atoms with Crippen molar-refractivity contribution in [3.8, 4) is 5.75 Å². The summed E-state index contributed by atoms with van der Waals surface area (Å²) in [6.07, 6.45) is 1.51. The van der Waals surface area contributed by atoms with Gasteiger partial charge in [0.1, 0.15) is 17.8 Å². The van der Waals surface area contributed by atoms with Crippen LogP contribution in [0.2, 0.25) is 0 Å². The van der Waals surface area contributed by atoms with Crippen molar-refractivity contribution < 1.29 is 22.7 Å². The van der Waals surface area contributed by atoms with Gasteiger partial charge in [0, 0.05) is 35.6 Å². The van der Waals surface area contributed by atoms with Crippen LogP contribution in [0.4, 0.5) is 11.4 Å². The van der Waals surface area contributed by atoms with Gasteiger partial charge in [-0.25, -0.2) is 8.42 Å². The number of nitrogens with zero attached hydrogens (tertiary/aromatic N) is 2. The first kappa shape index (κ1) is 29.4. The zero-order valence-electron chi connectivity index (χ0n) is 24.7. The van der Waals surface area contributed by atoms with Crippen molar-refractivity contribution in [1.82, 2.24) is 10.2 Å². The van der Waals surface area contributed by atoms with Crippen LogP contribution < -0.4 is 19.7 Å². The van der Waals surface area contributed by atoms with Gasteiger partial charge in [-0.15, -0.1) is 0 Å². The molecule has 0 unspecified atom stereocenters. The van der Waals surface area contributed by atoms with Gasteiger partial charge in [0.05, 0.1) is 12.0 Å². The van der Waals surface area contributed by atoms with Crippen LogP contribution in [-0.4, -0.2) is 50.4 Å². The first-order valence-electron chi connectivity index (χ1n) is 14.1. The van der Waals surface area contributed by atoms with E-state index < -0.39 is 27.6 Å². The molecule has 2 aliphatic heterocycles. The molecule has 2 heterocycles. The van der Waals surface area contributed by atoms with Gasteiger partial charge in [-0.05, 0) is 88.6 Å². The number of amides is 2. The zero-order chi connectivity index (χ0) is 30.2. The highest BCUT2D eigenvalue weighted by Gasteiger charge is 2.45. The summed E-state index contributed by atoms with van der Waals surface area (Å²) in [6, 6.07) is 17.9. The van der Waals surface area contributed by atoms with E-state index in [-0.39, 0.29) is 23.3 Å². The van der Waals surface area contributed by atoms with Crippen LogP contribution in [0.3, 0.4) is 0 Å². The number of fused-ring (bicyclic) bond motifs is 3. The molecule has 0 aromatic heterocycles. The molecule has 222 valence electrons. The van der Waals surface area contributed by atoms with E-state index in [2.05, 4.69) is 14.9 Å². The Morgan fingerprint density at radius 3 is 2.36 bits per heavy atom. The van der Waals surface area contributed by atoms with Crippen LogP contribution in [0, 0.1) is 6.92 Å². The molecule has 10 heteroatoms. The van der Waals surface area contributed by atoms with E-state index in [0.29, 0.717) is 30.0 Å².